The van der Waals surface area contributed by atoms with Crippen LogP contribution in [-0.2, 0) is 20.7 Å². The smallest absolute Gasteiger partial charge is 0.302 e. The average molecular weight is 494 g/mol. The van der Waals surface area contributed by atoms with Gasteiger partial charge in [-0.1, -0.05) is 54.9 Å². The summed E-state index contributed by atoms with van der Waals surface area (Å²) in [5.41, 5.74) is 1.95. The van der Waals surface area contributed by atoms with Gasteiger partial charge in [0.05, 0.1) is 12.3 Å². The number of nitrogens with one attached hydrogen (secondary N) is 1. The van der Waals surface area contributed by atoms with Gasteiger partial charge in [0, 0.05) is 40.7 Å². The van der Waals surface area contributed by atoms with Crippen LogP contribution in [0.3, 0.4) is 0 Å². The molecule has 0 spiro atoms. The van der Waals surface area contributed by atoms with Crippen molar-refractivity contribution in [3.63, 3.8) is 0 Å². The van der Waals surface area contributed by atoms with Crippen LogP contribution in [0.25, 0.3) is 0 Å². The Hall–Kier alpha value is -2.06. The first-order chi connectivity index (χ1) is 15.3. The minimum absolute atomic E-state index is 0.180. The molecule has 0 bridgehead atoms. The predicted octanol–water partition coefficient (Wildman–Crippen LogP) is 6.25. The van der Waals surface area contributed by atoms with Crippen LogP contribution in [0, 0.1) is 0 Å². The number of H-pyrrole nitrogens is 1. The van der Waals surface area contributed by atoms with Gasteiger partial charge in [0.1, 0.15) is 23.6 Å². The third kappa shape index (κ3) is 7.24. The van der Waals surface area contributed by atoms with Gasteiger partial charge in [-0.3, -0.25) is 9.78 Å². The summed E-state index contributed by atoms with van der Waals surface area (Å²) >= 11 is 13.9. The molecule has 1 aromatic carbocycles. The van der Waals surface area contributed by atoms with Gasteiger partial charge in [0.2, 0.25) is 0 Å². The maximum Gasteiger partial charge on any atom is 0.302 e. The highest BCUT2D eigenvalue weighted by molar-refractivity contribution is 7.99. The van der Waals surface area contributed by atoms with Crippen molar-refractivity contribution < 1.29 is 14.3 Å². The molecule has 2 aromatic heterocycles. The number of pyridine rings is 1. The van der Waals surface area contributed by atoms with E-state index in [-0.39, 0.29) is 31.2 Å². The number of hydrogen-bond donors (Lipinski definition) is 1. The Labute approximate surface area is 202 Å². The summed E-state index contributed by atoms with van der Waals surface area (Å²) in [7, 11) is 0. The lowest BCUT2D eigenvalue weighted by molar-refractivity contribution is -0.143. The second-order valence-electron chi connectivity index (χ2n) is 7.46. The van der Waals surface area contributed by atoms with Crippen LogP contribution in [0.15, 0.2) is 52.6 Å². The summed E-state index contributed by atoms with van der Waals surface area (Å²) in [6, 6.07) is 9.31. The van der Waals surface area contributed by atoms with Crippen molar-refractivity contribution in [1.82, 2.24) is 15.0 Å². The van der Waals surface area contributed by atoms with E-state index in [9.17, 15) is 4.79 Å². The lowest BCUT2D eigenvalue weighted by Gasteiger charge is -2.16. The van der Waals surface area contributed by atoms with Crippen molar-refractivity contribution in [2.45, 2.75) is 49.1 Å². The lowest BCUT2D eigenvalue weighted by Crippen LogP contribution is -2.15. The standard InChI is InChI=1S/C23H25Cl2N3O3S/c1-14(2)21-23(32-19-11-17(24)10-18(25)12-19)28-22(27-21)20(31-8-7-30-15(3)29)9-16-5-4-6-26-13-16/h4-6,10-14,20H,7-9H2,1-3H3,(H,27,28). The molecule has 0 aliphatic heterocycles. The van der Waals surface area contributed by atoms with Crippen LogP contribution in [-0.4, -0.2) is 34.1 Å². The average Bonchev–Trinajstić information content (AvgIpc) is 3.14. The van der Waals surface area contributed by atoms with Crippen LogP contribution >= 0.6 is 35.0 Å². The Bertz CT molecular complexity index is 1020. The molecule has 170 valence electrons. The normalized spacial score (nSPS) is 12.2. The fourth-order valence-electron chi connectivity index (χ4n) is 3.06. The number of rotatable bonds is 10. The number of aromatic nitrogens is 3. The Morgan fingerprint density at radius 2 is 1.94 bits per heavy atom. The molecule has 0 aliphatic rings. The first-order valence-electron chi connectivity index (χ1n) is 10.2. The predicted molar refractivity (Wildman–Crippen MR) is 127 cm³/mol. The second-order valence-corrected chi connectivity index (χ2v) is 9.42. The number of esters is 1. The van der Waals surface area contributed by atoms with Gasteiger partial charge in [-0.25, -0.2) is 4.98 Å². The van der Waals surface area contributed by atoms with E-state index >= 15 is 0 Å². The van der Waals surface area contributed by atoms with Crippen LogP contribution in [0.2, 0.25) is 10.0 Å². The number of halogens is 2. The quantitative estimate of drug-likeness (QED) is 0.265. The first kappa shape index (κ1) is 24.6. The SMILES string of the molecule is CC(=O)OCCOC(Cc1cccnc1)c1nc(C(C)C)c(Sc2cc(Cl)cc(Cl)c2)[nH]1. The summed E-state index contributed by atoms with van der Waals surface area (Å²) in [4.78, 5) is 24.5. The number of carbonyl (C=O) groups excluding carboxylic acids is 1. The van der Waals surface area contributed by atoms with E-state index in [0.717, 1.165) is 21.2 Å². The highest BCUT2D eigenvalue weighted by atomic mass is 35.5. The molecule has 2 heterocycles. The molecule has 9 heteroatoms. The number of benzene rings is 1. The van der Waals surface area contributed by atoms with Crippen molar-refractivity contribution in [3.8, 4) is 0 Å². The molecule has 0 amide bonds. The molecule has 0 radical (unpaired) electrons. The van der Waals surface area contributed by atoms with Crippen molar-refractivity contribution in [2.75, 3.05) is 13.2 Å². The molecule has 1 N–H and O–H groups in total. The fraction of sp³-hybridized carbons (Fsp3) is 0.348. The molecule has 0 fully saturated rings. The monoisotopic (exact) mass is 493 g/mol. The van der Waals surface area contributed by atoms with Crippen LogP contribution in [0.1, 0.15) is 49.9 Å². The molecule has 1 unspecified atom stereocenters. The van der Waals surface area contributed by atoms with Gasteiger partial charge < -0.3 is 14.5 Å². The van der Waals surface area contributed by atoms with Gasteiger partial charge in [0.25, 0.3) is 0 Å². The minimum Gasteiger partial charge on any atom is -0.463 e. The first-order valence-corrected chi connectivity index (χ1v) is 11.8. The largest absolute Gasteiger partial charge is 0.463 e. The molecule has 0 aliphatic carbocycles. The van der Waals surface area contributed by atoms with E-state index in [1.54, 1.807) is 18.5 Å². The number of aromatic amines is 1. The molecule has 1 atom stereocenters. The fourth-order valence-corrected chi connectivity index (χ4v) is 4.86. The maximum absolute atomic E-state index is 11.1. The topological polar surface area (TPSA) is 77.1 Å². The molecule has 3 rings (SSSR count). The Morgan fingerprint density at radius 1 is 1.19 bits per heavy atom. The second kappa shape index (κ2) is 11.7. The van der Waals surface area contributed by atoms with E-state index in [0.29, 0.717) is 22.3 Å². The molecule has 0 saturated carbocycles. The number of hydrogen-bond acceptors (Lipinski definition) is 6. The molecule has 3 aromatic rings. The van der Waals surface area contributed by atoms with Crippen molar-refractivity contribution >= 4 is 40.9 Å². The number of imidazole rings is 1. The van der Waals surface area contributed by atoms with Crippen LogP contribution in [0.4, 0.5) is 0 Å². The zero-order valence-electron chi connectivity index (χ0n) is 18.1. The van der Waals surface area contributed by atoms with E-state index in [1.807, 2.05) is 24.3 Å². The third-order valence-corrected chi connectivity index (χ3v) is 5.90. The third-order valence-electron chi connectivity index (χ3n) is 4.47. The van der Waals surface area contributed by atoms with Gasteiger partial charge >= 0.3 is 5.97 Å². The summed E-state index contributed by atoms with van der Waals surface area (Å²) in [5, 5.41) is 2.07. The number of carbonyl (C=O) groups is 1. The van der Waals surface area contributed by atoms with Crippen molar-refractivity contribution in [3.05, 3.63) is 69.9 Å². The molecule has 32 heavy (non-hydrogen) atoms. The molecule has 0 saturated heterocycles. The van der Waals surface area contributed by atoms with Gasteiger partial charge in [-0.15, -0.1) is 0 Å². The Morgan fingerprint density at radius 3 is 2.56 bits per heavy atom. The van der Waals surface area contributed by atoms with Gasteiger partial charge in [-0.05, 0) is 35.7 Å². The highest BCUT2D eigenvalue weighted by Gasteiger charge is 2.22. The van der Waals surface area contributed by atoms with Gasteiger partial charge in [-0.2, -0.15) is 0 Å². The summed E-state index contributed by atoms with van der Waals surface area (Å²) in [5.74, 6) is 0.560. The van der Waals surface area contributed by atoms with E-state index in [4.69, 9.17) is 37.7 Å². The number of nitrogens with zero attached hydrogens (tertiary/aromatic N) is 2. The summed E-state index contributed by atoms with van der Waals surface area (Å²) < 4.78 is 11.1. The van der Waals surface area contributed by atoms with Gasteiger partial charge in [0.15, 0.2) is 0 Å². The zero-order chi connectivity index (χ0) is 23.1. The van der Waals surface area contributed by atoms with E-state index < -0.39 is 0 Å². The van der Waals surface area contributed by atoms with Crippen molar-refractivity contribution in [1.29, 1.82) is 0 Å². The van der Waals surface area contributed by atoms with Crippen molar-refractivity contribution in [2.24, 2.45) is 0 Å². The molecular formula is C23H25Cl2N3O3S. The highest BCUT2D eigenvalue weighted by Crippen LogP contribution is 2.36. The maximum atomic E-state index is 11.1. The molecule has 6 nitrogen and oxygen atoms in total. The summed E-state index contributed by atoms with van der Waals surface area (Å²) in [6.45, 7) is 5.99. The Balaban J connectivity index is 1.86. The number of ether oxygens (including phenoxy) is 2. The van der Waals surface area contributed by atoms with Crippen LogP contribution in [0.5, 0.6) is 0 Å². The van der Waals surface area contributed by atoms with E-state index in [2.05, 4.69) is 23.8 Å². The zero-order valence-corrected chi connectivity index (χ0v) is 20.4. The Kier molecular flexibility index (Phi) is 8.99. The molecular weight excluding hydrogens is 469 g/mol. The minimum atomic E-state index is -0.357. The lowest BCUT2D eigenvalue weighted by atomic mass is 10.1. The summed E-state index contributed by atoms with van der Waals surface area (Å²) in [6.07, 6.45) is 3.75. The van der Waals surface area contributed by atoms with Crippen LogP contribution < -0.4 is 0 Å². The van der Waals surface area contributed by atoms with E-state index in [1.165, 1.54) is 18.7 Å².